The van der Waals surface area contributed by atoms with Crippen molar-refractivity contribution >= 4 is 0 Å². The predicted octanol–water partition coefficient (Wildman–Crippen LogP) is 2.83. The van der Waals surface area contributed by atoms with E-state index in [4.69, 9.17) is 8.83 Å². The molecule has 0 aromatic carbocycles. The molecule has 6 nitrogen and oxygen atoms in total. The summed E-state index contributed by atoms with van der Waals surface area (Å²) >= 11 is 0. The van der Waals surface area contributed by atoms with Crippen molar-refractivity contribution in [2.75, 3.05) is 0 Å². The first-order valence-corrected chi connectivity index (χ1v) is 6.82. The Hall–Kier alpha value is -1.72. The van der Waals surface area contributed by atoms with Gasteiger partial charge in [0.15, 0.2) is 0 Å². The molecule has 0 aliphatic rings. The van der Waals surface area contributed by atoms with E-state index in [1.165, 1.54) is 0 Å². The molecule has 0 radical (unpaired) electrons. The smallest absolute Gasteiger partial charge is 0.221 e. The van der Waals surface area contributed by atoms with E-state index >= 15 is 0 Å². The molecule has 0 saturated carbocycles. The molecule has 0 atom stereocenters. The van der Waals surface area contributed by atoms with E-state index < -0.39 is 0 Å². The Kier molecular flexibility index (Phi) is 3.67. The molecular weight excluding hydrogens is 256 g/mol. The van der Waals surface area contributed by atoms with Crippen molar-refractivity contribution in [3.05, 3.63) is 23.6 Å². The van der Waals surface area contributed by atoms with E-state index in [9.17, 15) is 0 Å². The molecule has 0 aliphatic heterocycles. The van der Waals surface area contributed by atoms with Gasteiger partial charge in [-0.25, -0.2) is 0 Å². The maximum absolute atomic E-state index is 5.63. The Morgan fingerprint density at radius 2 is 1.00 bits per heavy atom. The number of hydrogen-bond donors (Lipinski definition) is 0. The van der Waals surface area contributed by atoms with Gasteiger partial charge in [-0.2, -0.15) is 0 Å². The van der Waals surface area contributed by atoms with Crippen molar-refractivity contribution in [2.24, 2.45) is 0 Å². The van der Waals surface area contributed by atoms with Gasteiger partial charge in [-0.05, 0) is 0 Å². The Morgan fingerprint density at radius 3 is 1.25 bits per heavy atom. The zero-order chi connectivity index (χ0) is 15.0. The van der Waals surface area contributed by atoms with Crippen LogP contribution in [0.4, 0.5) is 0 Å². The molecule has 2 rings (SSSR count). The van der Waals surface area contributed by atoms with Gasteiger partial charge in [0, 0.05) is 23.7 Å². The molecule has 2 aromatic heterocycles. The third-order valence-corrected chi connectivity index (χ3v) is 2.77. The van der Waals surface area contributed by atoms with Crippen molar-refractivity contribution in [3.8, 4) is 0 Å². The highest BCUT2D eigenvalue weighted by Crippen LogP contribution is 2.22. The molecule has 0 unspecified atom stereocenters. The summed E-state index contributed by atoms with van der Waals surface area (Å²) < 4.78 is 11.3. The van der Waals surface area contributed by atoms with Gasteiger partial charge in [0.25, 0.3) is 0 Å². The number of aromatic nitrogens is 4. The van der Waals surface area contributed by atoms with Gasteiger partial charge in [0.1, 0.15) is 0 Å². The Balaban J connectivity index is 1.99. The molecule has 110 valence electrons. The van der Waals surface area contributed by atoms with Crippen LogP contribution in [-0.4, -0.2) is 20.4 Å². The standard InChI is InChI=1S/C14H22N4O2/c1-13(2,3)11-17-15-9(19-11)7-8-10-16-18-12(20-10)14(4,5)6/h7-8H2,1-6H3. The molecule has 0 saturated heterocycles. The van der Waals surface area contributed by atoms with Gasteiger partial charge < -0.3 is 8.83 Å². The van der Waals surface area contributed by atoms with E-state index in [-0.39, 0.29) is 10.8 Å². The molecule has 0 aliphatic carbocycles. The first kappa shape index (κ1) is 14.7. The van der Waals surface area contributed by atoms with Crippen LogP contribution in [0.15, 0.2) is 8.83 Å². The maximum Gasteiger partial charge on any atom is 0.221 e. The van der Waals surface area contributed by atoms with Gasteiger partial charge in [0.2, 0.25) is 23.6 Å². The van der Waals surface area contributed by atoms with Gasteiger partial charge in [-0.3, -0.25) is 0 Å². The highest BCUT2D eigenvalue weighted by Gasteiger charge is 2.23. The van der Waals surface area contributed by atoms with Crippen molar-refractivity contribution in [2.45, 2.75) is 65.2 Å². The Bertz CT molecular complexity index is 520. The zero-order valence-corrected chi connectivity index (χ0v) is 13.0. The van der Waals surface area contributed by atoms with Crippen LogP contribution in [0.1, 0.15) is 65.1 Å². The SMILES string of the molecule is CC(C)(C)c1nnc(CCc2nnc(C(C)(C)C)o2)o1. The molecule has 0 amide bonds. The van der Waals surface area contributed by atoms with Crippen LogP contribution in [0.5, 0.6) is 0 Å². The van der Waals surface area contributed by atoms with Crippen LogP contribution in [0.2, 0.25) is 0 Å². The fourth-order valence-electron chi connectivity index (χ4n) is 1.53. The molecular formula is C14H22N4O2. The van der Waals surface area contributed by atoms with Crippen molar-refractivity contribution in [1.29, 1.82) is 0 Å². The van der Waals surface area contributed by atoms with E-state index in [2.05, 4.69) is 20.4 Å². The Morgan fingerprint density at radius 1 is 0.650 bits per heavy atom. The second-order valence-electron chi connectivity index (χ2n) is 7.00. The normalized spacial score (nSPS) is 12.9. The van der Waals surface area contributed by atoms with Gasteiger partial charge in [-0.15, -0.1) is 20.4 Å². The summed E-state index contributed by atoms with van der Waals surface area (Å²) in [4.78, 5) is 0. The van der Waals surface area contributed by atoms with Gasteiger partial charge >= 0.3 is 0 Å². The molecule has 6 heteroatoms. The average molecular weight is 278 g/mol. The van der Waals surface area contributed by atoms with Crippen LogP contribution in [0.3, 0.4) is 0 Å². The lowest BCUT2D eigenvalue weighted by atomic mass is 9.97. The van der Waals surface area contributed by atoms with Crippen molar-refractivity contribution < 1.29 is 8.83 Å². The van der Waals surface area contributed by atoms with Crippen molar-refractivity contribution in [3.63, 3.8) is 0 Å². The Labute approximate surface area is 119 Å². The van der Waals surface area contributed by atoms with Crippen LogP contribution >= 0.6 is 0 Å². The predicted molar refractivity (Wildman–Crippen MR) is 73.4 cm³/mol. The van der Waals surface area contributed by atoms with Crippen molar-refractivity contribution in [1.82, 2.24) is 20.4 Å². The summed E-state index contributed by atoms with van der Waals surface area (Å²) in [6.07, 6.45) is 1.21. The largest absolute Gasteiger partial charge is 0.425 e. The van der Waals surface area contributed by atoms with Crippen LogP contribution in [0.25, 0.3) is 0 Å². The van der Waals surface area contributed by atoms with E-state index in [1.807, 2.05) is 41.5 Å². The first-order valence-electron chi connectivity index (χ1n) is 6.82. The maximum atomic E-state index is 5.63. The second kappa shape index (κ2) is 5.00. The number of nitrogens with zero attached hydrogens (tertiary/aromatic N) is 4. The minimum absolute atomic E-state index is 0.130. The fraction of sp³-hybridized carbons (Fsp3) is 0.714. The minimum atomic E-state index is -0.130. The third kappa shape index (κ3) is 3.43. The van der Waals surface area contributed by atoms with E-state index in [0.29, 0.717) is 36.4 Å². The summed E-state index contributed by atoms with van der Waals surface area (Å²) in [5, 5.41) is 16.2. The molecule has 0 bridgehead atoms. The summed E-state index contributed by atoms with van der Waals surface area (Å²) in [6.45, 7) is 12.2. The zero-order valence-electron chi connectivity index (χ0n) is 13.0. The molecule has 0 spiro atoms. The summed E-state index contributed by atoms with van der Waals surface area (Å²) in [5.41, 5.74) is -0.260. The number of aryl methyl sites for hydroxylation is 2. The fourth-order valence-corrected chi connectivity index (χ4v) is 1.53. The van der Waals surface area contributed by atoms with Crippen LogP contribution < -0.4 is 0 Å². The highest BCUT2D eigenvalue weighted by molar-refractivity contribution is 4.98. The topological polar surface area (TPSA) is 77.8 Å². The van der Waals surface area contributed by atoms with Gasteiger partial charge in [-0.1, -0.05) is 41.5 Å². The average Bonchev–Trinajstić information content (AvgIpc) is 2.94. The summed E-state index contributed by atoms with van der Waals surface area (Å²) in [6, 6.07) is 0. The number of hydrogen-bond acceptors (Lipinski definition) is 6. The second-order valence-corrected chi connectivity index (χ2v) is 7.00. The lowest BCUT2D eigenvalue weighted by molar-refractivity contribution is 0.355. The lowest BCUT2D eigenvalue weighted by Crippen LogP contribution is -2.11. The molecule has 0 fully saturated rings. The molecule has 2 heterocycles. The van der Waals surface area contributed by atoms with Crippen LogP contribution in [-0.2, 0) is 23.7 Å². The highest BCUT2D eigenvalue weighted by atomic mass is 16.4. The first-order chi connectivity index (χ1) is 9.16. The minimum Gasteiger partial charge on any atom is -0.425 e. The van der Waals surface area contributed by atoms with Crippen LogP contribution in [0, 0.1) is 0 Å². The summed E-state index contributed by atoms with van der Waals surface area (Å²) in [5.74, 6) is 2.50. The molecule has 20 heavy (non-hydrogen) atoms. The molecule has 2 aromatic rings. The van der Waals surface area contributed by atoms with E-state index in [0.717, 1.165) is 0 Å². The number of rotatable bonds is 3. The van der Waals surface area contributed by atoms with Gasteiger partial charge in [0.05, 0.1) is 0 Å². The van der Waals surface area contributed by atoms with E-state index in [1.54, 1.807) is 0 Å². The monoisotopic (exact) mass is 278 g/mol. The third-order valence-electron chi connectivity index (χ3n) is 2.77. The quantitative estimate of drug-likeness (QED) is 0.859. The summed E-state index contributed by atoms with van der Waals surface area (Å²) in [7, 11) is 0. The molecule has 0 N–H and O–H groups in total. The lowest BCUT2D eigenvalue weighted by Gasteiger charge is -2.11.